The second-order valence-electron chi connectivity index (χ2n) is 6.92. The smallest absolute Gasteiger partial charge is 0.323 e. The molecule has 0 fully saturated rings. The number of aromatic nitrogens is 2. The van der Waals surface area contributed by atoms with E-state index >= 15 is 0 Å². The molecule has 1 aliphatic heterocycles. The van der Waals surface area contributed by atoms with Gasteiger partial charge in [-0.3, -0.25) is 9.69 Å². The van der Waals surface area contributed by atoms with Crippen molar-refractivity contribution in [3.63, 3.8) is 0 Å². The predicted molar refractivity (Wildman–Crippen MR) is 120 cm³/mol. The summed E-state index contributed by atoms with van der Waals surface area (Å²) in [4.78, 5) is 37.4. The van der Waals surface area contributed by atoms with Gasteiger partial charge >= 0.3 is 12.0 Å². The quantitative estimate of drug-likeness (QED) is 0.361. The largest absolute Gasteiger partial charge is 0.493 e. The number of esters is 1. The number of amides is 2. The minimum Gasteiger partial charge on any atom is -0.493 e. The summed E-state index contributed by atoms with van der Waals surface area (Å²) in [6, 6.07) is 1.62. The number of hydrogen-bond donors (Lipinski definition) is 1. The molecule has 2 aromatic heterocycles. The summed E-state index contributed by atoms with van der Waals surface area (Å²) in [7, 11) is 3.25. The van der Waals surface area contributed by atoms with Gasteiger partial charge in [0.15, 0.2) is 16.0 Å². The Morgan fingerprint density at radius 2 is 2.23 bits per heavy atom. The zero-order chi connectivity index (χ0) is 22.4. The lowest BCUT2D eigenvalue weighted by Crippen LogP contribution is -2.37. The third-order valence-electron chi connectivity index (χ3n) is 4.83. The number of urea groups is 1. The van der Waals surface area contributed by atoms with E-state index in [9.17, 15) is 9.59 Å². The van der Waals surface area contributed by atoms with Crippen LogP contribution in [-0.2, 0) is 22.5 Å². The van der Waals surface area contributed by atoms with Gasteiger partial charge in [-0.2, -0.15) is 0 Å². The minimum atomic E-state index is -0.254. The van der Waals surface area contributed by atoms with Gasteiger partial charge < -0.3 is 19.7 Å². The zero-order valence-electron chi connectivity index (χ0n) is 17.8. The van der Waals surface area contributed by atoms with Gasteiger partial charge in [0.2, 0.25) is 0 Å². The first-order valence-electron chi connectivity index (χ1n) is 10.0. The fourth-order valence-electron chi connectivity index (χ4n) is 3.15. The highest BCUT2D eigenvalue weighted by atomic mass is 35.5. The van der Waals surface area contributed by atoms with Crippen LogP contribution in [0.1, 0.15) is 30.3 Å². The molecule has 3 heterocycles. The average Bonchev–Trinajstić information content (AvgIpc) is 3.20. The molecule has 0 unspecified atom stereocenters. The summed E-state index contributed by atoms with van der Waals surface area (Å²) in [5.41, 5.74) is 1.93. The van der Waals surface area contributed by atoms with E-state index in [1.54, 1.807) is 27.3 Å². The first-order chi connectivity index (χ1) is 14.9. The highest BCUT2D eigenvalue weighted by molar-refractivity contribution is 7.16. The van der Waals surface area contributed by atoms with E-state index in [-0.39, 0.29) is 18.4 Å². The average molecular weight is 468 g/mol. The van der Waals surface area contributed by atoms with E-state index < -0.39 is 0 Å². The molecule has 9 nitrogen and oxygen atoms in total. The van der Waals surface area contributed by atoms with Crippen LogP contribution in [0.25, 0.3) is 0 Å². The maximum atomic E-state index is 12.4. The molecule has 168 valence electrons. The summed E-state index contributed by atoms with van der Waals surface area (Å²) in [6.45, 7) is 3.99. The number of halogens is 1. The van der Waals surface area contributed by atoms with Crippen LogP contribution < -0.4 is 19.9 Å². The predicted octanol–water partition coefficient (Wildman–Crippen LogP) is 3.25. The Kier molecular flexibility index (Phi) is 7.91. The Balaban J connectivity index is 1.57. The van der Waals surface area contributed by atoms with Crippen molar-refractivity contribution in [2.24, 2.45) is 0 Å². The van der Waals surface area contributed by atoms with E-state index in [0.29, 0.717) is 42.2 Å². The summed E-state index contributed by atoms with van der Waals surface area (Å²) < 4.78 is 10.1. The molecule has 0 saturated carbocycles. The van der Waals surface area contributed by atoms with Crippen LogP contribution in [-0.4, -0.2) is 55.8 Å². The number of fused-ring (bicyclic) bond motifs is 1. The van der Waals surface area contributed by atoms with Gasteiger partial charge in [-0.1, -0.05) is 22.9 Å². The van der Waals surface area contributed by atoms with Crippen LogP contribution >= 0.6 is 22.9 Å². The lowest BCUT2D eigenvalue weighted by molar-refractivity contribution is -0.143. The molecule has 0 aliphatic carbocycles. The summed E-state index contributed by atoms with van der Waals surface area (Å²) in [5.74, 6) is 0.282. The first-order valence-corrected chi connectivity index (χ1v) is 11.2. The zero-order valence-corrected chi connectivity index (χ0v) is 19.4. The van der Waals surface area contributed by atoms with Crippen molar-refractivity contribution in [3.05, 3.63) is 28.0 Å². The number of nitrogens with zero attached hydrogens (tertiary/aromatic N) is 4. The van der Waals surface area contributed by atoms with Crippen LogP contribution in [0.4, 0.5) is 15.6 Å². The van der Waals surface area contributed by atoms with Gasteiger partial charge in [0, 0.05) is 43.9 Å². The fourth-order valence-corrected chi connectivity index (χ4v) is 4.41. The number of carbonyl (C=O) groups is 2. The van der Waals surface area contributed by atoms with Crippen LogP contribution in [0.5, 0.6) is 5.75 Å². The molecule has 0 spiro atoms. The van der Waals surface area contributed by atoms with Gasteiger partial charge in [0.25, 0.3) is 0 Å². The molecule has 1 aliphatic rings. The molecule has 0 atom stereocenters. The Morgan fingerprint density at radius 3 is 2.97 bits per heavy atom. The van der Waals surface area contributed by atoms with E-state index in [1.165, 1.54) is 16.2 Å². The molecule has 2 aromatic rings. The summed E-state index contributed by atoms with van der Waals surface area (Å²) in [5, 5.41) is 3.78. The fraction of sp³-hybridized carbons (Fsp3) is 0.500. The van der Waals surface area contributed by atoms with Crippen LogP contribution in [0.3, 0.4) is 0 Å². The van der Waals surface area contributed by atoms with Crippen LogP contribution in [0, 0.1) is 0 Å². The number of rotatable bonds is 8. The van der Waals surface area contributed by atoms with Crippen molar-refractivity contribution in [1.82, 2.24) is 15.3 Å². The number of ether oxygens (including phenoxy) is 2. The maximum absolute atomic E-state index is 12.4. The molecule has 1 N–H and O–H groups in total. The molecule has 0 bridgehead atoms. The number of thiazole rings is 1. The van der Waals surface area contributed by atoms with Crippen molar-refractivity contribution >= 4 is 45.8 Å². The van der Waals surface area contributed by atoms with Gasteiger partial charge in [-0.05, 0) is 13.3 Å². The third-order valence-corrected chi connectivity index (χ3v) is 6.27. The van der Waals surface area contributed by atoms with Crippen molar-refractivity contribution in [3.8, 4) is 5.75 Å². The molecule has 0 radical (unpaired) electrons. The molecular weight excluding hydrogens is 442 g/mol. The van der Waals surface area contributed by atoms with Gasteiger partial charge in [-0.25, -0.2) is 14.8 Å². The first kappa shape index (κ1) is 23.1. The summed E-state index contributed by atoms with van der Waals surface area (Å²) in [6.07, 6.45) is 3.31. The highest BCUT2D eigenvalue weighted by Gasteiger charge is 2.24. The lowest BCUT2D eigenvalue weighted by Gasteiger charge is -2.28. The summed E-state index contributed by atoms with van der Waals surface area (Å²) >= 11 is 7.52. The molecule has 31 heavy (non-hydrogen) atoms. The Bertz CT molecular complexity index is 938. The van der Waals surface area contributed by atoms with E-state index in [0.717, 1.165) is 29.2 Å². The number of hydrogen-bond acceptors (Lipinski definition) is 8. The number of nitrogens with one attached hydrogen (secondary N) is 1. The normalized spacial score (nSPS) is 12.8. The van der Waals surface area contributed by atoms with E-state index in [4.69, 9.17) is 21.1 Å². The number of anilines is 2. The Morgan fingerprint density at radius 1 is 1.42 bits per heavy atom. The van der Waals surface area contributed by atoms with Crippen molar-refractivity contribution in [1.29, 1.82) is 0 Å². The maximum Gasteiger partial charge on any atom is 0.323 e. The van der Waals surface area contributed by atoms with Crippen molar-refractivity contribution in [2.45, 2.75) is 32.7 Å². The molecule has 0 aromatic carbocycles. The molecular formula is C20H26ClN5O4S. The van der Waals surface area contributed by atoms with E-state index in [2.05, 4.69) is 20.2 Å². The lowest BCUT2D eigenvalue weighted by atomic mass is 10.1. The number of pyridine rings is 1. The number of methoxy groups -OCH3 is 1. The third kappa shape index (κ3) is 5.76. The Hall–Kier alpha value is -2.59. The molecule has 11 heteroatoms. The number of carbonyl (C=O) groups excluding carboxylic acids is 2. The van der Waals surface area contributed by atoms with Gasteiger partial charge in [0.05, 0.1) is 37.8 Å². The molecule has 2 amide bonds. The van der Waals surface area contributed by atoms with Crippen molar-refractivity contribution in [2.75, 3.05) is 43.7 Å². The highest BCUT2D eigenvalue weighted by Crippen LogP contribution is 2.34. The van der Waals surface area contributed by atoms with Gasteiger partial charge in [-0.15, -0.1) is 0 Å². The monoisotopic (exact) mass is 467 g/mol. The van der Waals surface area contributed by atoms with Crippen LogP contribution in [0.2, 0.25) is 5.15 Å². The Labute approximate surface area is 190 Å². The van der Waals surface area contributed by atoms with Gasteiger partial charge in [0.1, 0.15) is 0 Å². The molecule has 0 saturated heterocycles. The minimum absolute atomic E-state index is 0.251. The van der Waals surface area contributed by atoms with E-state index in [1.807, 2.05) is 6.07 Å². The second kappa shape index (κ2) is 10.6. The molecule has 3 rings (SSSR count). The topological polar surface area (TPSA) is 96.9 Å². The second-order valence-corrected chi connectivity index (χ2v) is 8.34. The standard InChI is InChI=1S/C20H26ClN5O4S/c1-4-30-17(27)6-5-8-22-19(28)25(2)20-24-14-7-9-26(12-16(14)31-20)13-10-15(29-3)18(21)23-11-13/h10-11H,4-9,12H2,1-3H3,(H,22,28). The SMILES string of the molecule is CCOC(=O)CCCNC(=O)N(C)c1nc2c(s1)CN(c1cnc(Cl)c(OC)c1)CC2. The van der Waals surface area contributed by atoms with Crippen molar-refractivity contribution < 1.29 is 19.1 Å². The van der Waals surface area contributed by atoms with Crippen LogP contribution in [0.15, 0.2) is 12.3 Å².